The van der Waals surface area contributed by atoms with Crippen LogP contribution in [0.25, 0.3) is 0 Å². The first kappa shape index (κ1) is 14.5. The summed E-state index contributed by atoms with van der Waals surface area (Å²) < 4.78 is 31.3. The number of halogens is 2. The Morgan fingerprint density at radius 1 is 1.50 bits per heavy atom. The van der Waals surface area contributed by atoms with Crippen LogP contribution >= 0.6 is 0 Å². The molecule has 1 rings (SSSR count). The summed E-state index contributed by atoms with van der Waals surface area (Å²) in [5.74, 6) is -3.05. The number of hydrogen-bond acceptors (Lipinski definition) is 3. The molecule has 0 saturated heterocycles. The van der Waals surface area contributed by atoms with E-state index in [9.17, 15) is 13.6 Å². The normalized spacial score (nSPS) is 10.8. The van der Waals surface area contributed by atoms with E-state index in [4.69, 9.17) is 4.74 Å². The second-order valence-corrected chi connectivity index (χ2v) is 4.05. The highest BCUT2D eigenvalue weighted by Gasteiger charge is 2.23. The van der Waals surface area contributed by atoms with Crippen molar-refractivity contribution in [2.24, 2.45) is 0 Å². The summed E-state index contributed by atoms with van der Waals surface area (Å²) in [6.45, 7) is 4.24. The first-order chi connectivity index (χ1) is 8.49. The number of methoxy groups -OCH3 is 1. The van der Waals surface area contributed by atoms with Gasteiger partial charge in [-0.05, 0) is 19.9 Å². The largest absolute Gasteiger partial charge is 0.383 e. The number of hydrogen-bond donors (Lipinski definition) is 0. The highest BCUT2D eigenvalue weighted by Crippen LogP contribution is 2.13. The molecule has 18 heavy (non-hydrogen) atoms. The Balaban J connectivity index is 2.98. The van der Waals surface area contributed by atoms with Gasteiger partial charge >= 0.3 is 0 Å². The summed E-state index contributed by atoms with van der Waals surface area (Å²) in [5, 5.41) is 0. The molecule has 1 heterocycles. The molecule has 6 heteroatoms. The van der Waals surface area contributed by atoms with Crippen molar-refractivity contribution in [2.75, 3.05) is 20.3 Å². The standard InChI is InChI=1S/C12H16F2N2O2/c1-8(2)16(6-7-18-3)12(17)9-4-5-15-11(14)10(9)13/h4-5,8H,6-7H2,1-3H3. The van der Waals surface area contributed by atoms with Gasteiger partial charge in [0, 0.05) is 25.9 Å². The van der Waals surface area contributed by atoms with Crippen molar-refractivity contribution >= 4 is 5.91 Å². The summed E-state index contributed by atoms with van der Waals surface area (Å²) in [6, 6.07) is 1.03. The molecule has 0 unspecified atom stereocenters. The molecule has 1 aromatic rings. The van der Waals surface area contributed by atoms with Gasteiger partial charge < -0.3 is 9.64 Å². The lowest BCUT2D eigenvalue weighted by Crippen LogP contribution is -2.39. The molecule has 1 aromatic heterocycles. The van der Waals surface area contributed by atoms with Crippen LogP contribution in [0.15, 0.2) is 12.3 Å². The Morgan fingerprint density at radius 2 is 2.17 bits per heavy atom. The van der Waals surface area contributed by atoms with Gasteiger partial charge in [-0.1, -0.05) is 0 Å². The van der Waals surface area contributed by atoms with E-state index in [-0.39, 0.29) is 11.6 Å². The maximum Gasteiger partial charge on any atom is 0.257 e. The molecule has 100 valence electrons. The fourth-order valence-corrected chi connectivity index (χ4v) is 1.52. The minimum absolute atomic E-state index is 0.136. The molecular formula is C12H16F2N2O2. The average molecular weight is 258 g/mol. The van der Waals surface area contributed by atoms with Crippen LogP contribution in [0.4, 0.5) is 8.78 Å². The lowest BCUT2D eigenvalue weighted by Gasteiger charge is -2.26. The number of aromatic nitrogens is 1. The predicted molar refractivity (Wildman–Crippen MR) is 62.2 cm³/mol. The summed E-state index contributed by atoms with van der Waals surface area (Å²) >= 11 is 0. The molecule has 4 nitrogen and oxygen atoms in total. The molecule has 0 spiro atoms. The summed E-state index contributed by atoms with van der Waals surface area (Å²) in [5.41, 5.74) is -0.313. The Bertz CT molecular complexity index is 425. The zero-order valence-electron chi connectivity index (χ0n) is 10.6. The Kier molecular flexibility index (Phi) is 5.15. The zero-order chi connectivity index (χ0) is 13.7. The lowest BCUT2D eigenvalue weighted by molar-refractivity contribution is 0.0629. The third-order valence-electron chi connectivity index (χ3n) is 2.50. The minimum Gasteiger partial charge on any atom is -0.383 e. The molecule has 0 bridgehead atoms. The van der Waals surface area contributed by atoms with Crippen molar-refractivity contribution in [3.63, 3.8) is 0 Å². The molecule has 0 fully saturated rings. The van der Waals surface area contributed by atoms with Gasteiger partial charge in [-0.25, -0.2) is 9.37 Å². The van der Waals surface area contributed by atoms with E-state index in [0.717, 1.165) is 6.20 Å². The van der Waals surface area contributed by atoms with Crippen molar-refractivity contribution in [1.29, 1.82) is 0 Å². The van der Waals surface area contributed by atoms with Gasteiger partial charge in [0.05, 0.1) is 12.2 Å². The third-order valence-corrected chi connectivity index (χ3v) is 2.50. The van der Waals surface area contributed by atoms with Crippen molar-refractivity contribution < 1.29 is 18.3 Å². The van der Waals surface area contributed by atoms with Gasteiger partial charge in [-0.15, -0.1) is 0 Å². The van der Waals surface area contributed by atoms with Crippen LogP contribution in [0.2, 0.25) is 0 Å². The molecule has 0 aliphatic rings. The second kappa shape index (κ2) is 6.39. The molecular weight excluding hydrogens is 242 g/mol. The third kappa shape index (κ3) is 3.22. The van der Waals surface area contributed by atoms with E-state index in [1.54, 1.807) is 13.8 Å². The minimum atomic E-state index is -1.27. The van der Waals surface area contributed by atoms with Crippen molar-refractivity contribution in [3.8, 4) is 0 Å². The van der Waals surface area contributed by atoms with E-state index < -0.39 is 17.7 Å². The zero-order valence-corrected chi connectivity index (χ0v) is 10.6. The van der Waals surface area contributed by atoms with E-state index in [0.29, 0.717) is 13.2 Å². The molecule has 0 aromatic carbocycles. The van der Waals surface area contributed by atoms with Crippen molar-refractivity contribution in [3.05, 3.63) is 29.6 Å². The first-order valence-corrected chi connectivity index (χ1v) is 5.59. The van der Waals surface area contributed by atoms with E-state index in [1.165, 1.54) is 18.1 Å². The smallest absolute Gasteiger partial charge is 0.257 e. The molecule has 1 amide bonds. The highest BCUT2D eigenvalue weighted by atomic mass is 19.2. The number of carbonyl (C=O) groups is 1. The fraction of sp³-hybridized carbons (Fsp3) is 0.500. The highest BCUT2D eigenvalue weighted by molar-refractivity contribution is 5.94. The molecule has 0 N–H and O–H groups in total. The topological polar surface area (TPSA) is 42.4 Å². The van der Waals surface area contributed by atoms with E-state index >= 15 is 0 Å². The number of amides is 1. The predicted octanol–water partition coefficient (Wildman–Crippen LogP) is 1.86. The van der Waals surface area contributed by atoms with Crippen LogP contribution in [-0.2, 0) is 4.74 Å². The molecule has 0 atom stereocenters. The van der Waals surface area contributed by atoms with Gasteiger partial charge in [0.1, 0.15) is 0 Å². The fourth-order valence-electron chi connectivity index (χ4n) is 1.52. The van der Waals surface area contributed by atoms with E-state index in [2.05, 4.69) is 4.98 Å². The summed E-state index contributed by atoms with van der Waals surface area (Å²) in [4.78, 5) is 16.7. The van der Waals surface area contributed by atoms with Gasteiger partial charge in [0.2, 0.25) is 5.95 Å². The second-order valence-electron chi connectivity index (χ2n) is 4.05. The first-order valence-electron chi connectivity index (χ1n) is 5.59. The van der Waals surface area contributed by atoms with Gasteiger partial charge in [0.15, 0.2) is 5.82 Å². The average Bonchev–Trinajstić information content (AvgIpc) is 2.32. The summed E-state index contributed by atoms with van der Waals surface area (Å²) in [6.07, 6.45) is 1.07. The number of pyridine rings is 1. The maximum atomic E-state index is 13.5. The lowest BCUT2D eigenvalue weighted by atomic mass is 10.2. The number of ether oxygens (including phenoxy) is 1. The van der Waals surface area contributed by atoms with Crippen molar-refractivity contribution in [1.82, 2.24) is 9.88 Å². The molecule has 0 saturated carbocycles. The van der Waals surface area contributed by atoms with Crippen LogP contribution in [0.5, 0.6) is 0 Å². The Hall–Kier alpha value is -1.56. The van der Waals surface area contributed by atoms with Crippen LogP contribution in [0.3, 0.4) is 0 Å². The Morgan fingerprint density at radius 3 is 2.72 bits per heavy atom. The number of nitrogens with zero attached hydrogens (tertiary/aromatic N) is 2. The van der Waals surface area contributed by atoms with Crippen LogP contribution in [-0.4, -0.2) is 42.1 Å². The monoisotopic (exact) mass is 258 g/mol. The van der Waals surface area contributed by atoms with Crippen LogP contribution in [0, 0.1) is 11.8 Å². The Labute approximate surface area is 105 Å². The quantitative estimate of drug-likeness (QED) is 0.757. The number of carbonyl (C=O) groups excluding carboxylic acids is 1. The maximum absolute atomic E-state index is 13.5. The van der Waals surface area contributed by atoms with E-state index in [1.807, 2.05) is 0 Å². The van der Waals surface area contributed by atoms with Gasteiger partial charge in [-0.3, -0.25) is 4.79 Å². The van der Waals surface area contributed by atoms with Gasteiger partial charge in [-0.2, -0.15) is 4.39 Å². The SMILES string of the molecule is COCCN(C(=O)c1ccnc(F)c1F)C(C)C. The molecule has 0 radical (unpaired) electrons. The van der Waals surface area contributed by atoms with Crippen LogP contribution < -0.4 is 0 Å². The number of rotatable bonds is 5. The van der Waals surface area contributed by atoms with Gasteiger partial charge in [0.25, 0.3) is 5.91 Å². The summed E-state index contributed by atoms with van der Waals surface area (Å²) in [7, 11) is 1.51. The molecule has 0 aliphatic heterocycles. The molecule has 0 aliphatic carbocycles. The van der Waals surface area contributed by atoms with Crippen molar-refractivity contribution in [2.45, 2.75) is 19.9 Å². The van der Waals surface area contributed by atoms with Crippen LogP contribution in [0.1, 0.15) is 24.2 Å².